The monoisotopic (exact) mass is 366 g/mol. The molecular formula is C20H22N4O3. The van der Waals surface area contributed by atoms with Crippen molar-refractivity contribution in [3.05, 3.63) is 54.0 Å². The van der Waals surface area contributed by atoms with Crippen LogP contribution in [0.1, 0.15) is 37.0 Å². The number of imidazole rings is 1. The Hall–Kier alpha value is -3.35. The third kappa shape index (κ3) is 3.92. The molecule has 2 amide bonds. The Morgan fingerprint density at radius 1 is 1.07 bits per heavy atom. The highest BCUT2D eigenvalue weighted by Gasteiger charge is 2.20. The molecule has 0 bridgehead atoms. The summed E-state index contributed by atoms with van der Waals surface area (Å²) >= 11 is 0. The van der Waals surface area contributed by atoms with Crippen LogP contribution in [-0.2, 0) is 11.2 Å². The number of carbonyl (C=O) groups excluding carboxylic acids is 2. The van der Waals surface area contributed by atoms with Crippen LogP contribution >= 0.6 is 0 Å². The molecule has 0 aliphatic heterocycles. The Bertz CT molecular complexity index is 977. The first-order valence-electron chi connectivity index (χ1n) is 8.85. The maximum Gasteiger partial charge on any atom is 0.274 e. The van der Waals surface area contributed by atoms with Gasteiger partial charge in [0.2, 0.25) is 5.91 Å². The minimum Gasteiger partial charge on any atom is -0.490 e. The minimum absolute atomic E-state index is 0.143. The van der Waals surface area contributed by atoms with Crippen LogP contribution in [-0.4, -0.2) is 27.8 Å². The van der Waals surface area contributed by atoms with E-state index in [2.05, 4.69) is 15.6 Å². The lowest BCUT2D eigenvalue weighted by Gasteiger charge is -2.09. The number of hydrogen-bond acceptors (Lipinski definition) is 4. The van der Waals surface area contributed by atoms with Gasteiger partial charge in [-0.1, -0.05) is 6.92 Å². The van der Waals surface area contributed by atoms with E-state index in [0.717, 1.165) is 0 Å². The summed E-state index contributed by atoms with van der Waals surface area (Å²) in [6, 6.07) is 10.6. The number of carbonyl (C=O) groups is 2. The van der Waals surface area contributed by atoms with E-state index in [9.17, 15) is 9.59 Å². The topological polar surface area (TPSA) is 84.7 Å². The van der Waals surface area contributed by atoms with Crippen LogP contribution in [0, 0.1) is 0 Å². The molecule has 0 radical (unpaired) electrons. The number of fused-ring (bicyclic) bond motifs is 1. The molecule has 0 atom stereocenters. The highest BCUT2D eigenvalue weighted by Crippen LogP contribution is 2.24. The van der Waals surface area contributed by atoms with Crippen LogP contribution in [0.3, 0.4) is 0 Å². The summed E-state index contributed by atoms with van der Waals surface area (Å²) in [5.41, 5.74) is 3.12. The summed E-state index contributed by atoms with van der Waals surface area (Å²) in [6.07, 6.45) is 2.43. The number of benzene rings is 1. The Morgan fingerprint density at radius 3 is 2.33 bits per heavy atom. The second-order valence-electron chi connectivity index (χ2n) is 5.97. The first-order chi connectivity index (χ1) is 13.0. The number of rotatable bonds is 6. The van der Waals surface area contributed by atoms with Crippen molar-refractivity contribution < 1.29 is 14.3 Å². The van der Waals surface area contributed by atoms with Crippen molar-refractivity contribution in [1.82, 2.24) is 9.38 Å². The van der Waals surface area contributed by atoms with E-state index in [4.69, 9.17) is 4.74 Å². The molecule has 7 heteroatoms. The Labute approximate surface area is 157 Å². The summed E-state index contributed by atoms with van der Waals surface area (Å²) in [7, 11) is 0. The molecule has 0 aliphatic rings. The average Bonchev–Trinajstić information content (AvgIpc) is 3.03. The van der Waals surface area contributed by atoms with Gasteiger partial charge in [0.15, 0.2) is 11.4 Å². The lowest BCUT2D eigenvalue weighted by molar-refractivity contribution is -0.114. The molecule has 2 heterocycles. The number of pyridine rings is 1. The molecule has 0 saturated carbocycles. The smallest absolute Gasteiger partial charge is 0.274 e. The van der Waals surface area contributed by atoms with Crippen molar-refractivity contribution in [2.45, 2.75) is 27.2 Å². The number of aryl methyl sites for hydroxylation is 1. The van der Waals surface area contributed by atoms with E-state index in [0.29, 0.717) is 47.2 Å². The normalized spacial score (nSPS) is 10.6. The van der Waals surface area contributed by atoms with Gasteiger partial charge in [-0.3, -0.25) is 14.0 Å². The van der Waals surface area contributed by atoms with Crippen LogP contribution in [0.2, 0.25) is 0 Å². The number of amides is 2. The molecule has 0 saturated heterocycles. The third-order valence-electron chi connectivity index (χ3n) is 4.00. The van der Waals surface area contributed by atoms with Gasteiger partial charge in [0.1, 0.15) is 5.69 Å². The zero-order chi connectivity index (χ0) is 19.4. The number of nitrogens with zero attached hydrogens (tertiary/aromatic N) is 2. The highest BCUT2D eigenvalue weighted by atomic mass is 16.5. The van der Waals surface area contributed by atoms with Crippen molar-refractivity contribution in [2.24, 2.45) is 0 Å². The maximum absolute atomic E-state index is 12.9. The second-order valence-corrected chi connectivity index (χ2v) is 5.97. The molecule has 7 nitrogen and oxygen atoms in total. The number of anilines is 2. The van der Waals surface area contributed by atoms with E-state index >= 15 is 0 Å². The minimum atomic E-state index is -0.250. The Balaban J connectivity index is 1.91. The Kier molecular flexibility index (Phi) is 5.40. The molecule has 0 aliphatic carbocycles. The first-order valence-corrected chi connectivity index (χ1v) is 8.85. The standard InChI is InChI=1S/C20H22N4O3/c1-4-16-18(24-12-6-7-17(27-5-2)19(24)23-16)20(26)22-15-10-8-14(9-11-15)21-13(3)25/h6-12H,4-5H2,1-3H3,(H,21,25)(H,22,26). The van der Waals surface area contributed by atoms with E-state index in [1.165, 1.54) is 6.92 Å². The fraction of sp³-hybridized carbons (Fsp3) is 0.250. The summed E-state index contributed by atoms with van der Waals surface area (Å²) in [6.45, 7) is 5.84. The van der Waals surface area contributed by atoms with Gasteiger partial charge in [-0.15, -0.1) is 0 Å². The molecule has 0 unspecified atom stereocenters. The van der Waals surface area contributed by atoms with Crippen LogP contribution in [0.5, 0.6) is 5.75 Å². The molecule has 27 heavy (non-hydrogen) atoms. The lowest BCUT2D eigenvalue weighted by atomic mass is 10.2. The average molecular weight is 366 g/mol. The van der Waals surface area contributed by atoms with Crippen LogP contribution in [0.15, 0.2) is 42.6 Å². The van der Waals surface area contributed by atoms with E-state index < -0.39 is 0 Å². The Morgan fingerprint density at radius 2 is 1.74 bits per heavy atom. The van der Waals surface area contributed by atoms with Crippen molar-refractivity contribution in [3.8, 4) is 5.75 Å². The van der Waals surface area contributed by atoms with Gasteiger partial charge >= 0.3 is 0 Å². The molecule has 3 aromatic rings. The zero-order valence-corrected chi connectivity index (χ0v) is 15.6. The van der Waals surface area contributed by atoms with Crippen LogP contribution in [0.4, 0.5) is 11.4 Å². The molecule has 2 aromatic heterocycles. The summed E-state index contributed by atoms with van der Waals surface area (Å²) < 4.78 is 7.38. The van der Waals surface area contributed by atoms with Crippen molar-refractivity contribution in [1.29, 1.82) is 0 Å². The molecule has 140 valence electrons. The highest BCUT2D eigenvalue weighted by molar-refractivity contribution is 6.04. The largest absolute Gasteiger partial charge is 0.490 e. The first kappa shape index (κ1) is 18.4. The van der Waals surface area contributed by atoms with Crippen molar-refractivity contribution in [3.63, 3.8) is 0 Å². The lowest BCUT2D eigenvalue weighted by Crippen LogP contribution is -2.16. The molecule has 2 N–H and O–H groups in total. The predicted octanol–water partition coefficient (Wildman–Crippen LogP) is 3.51. The van der Waals surface area contributed by atoms with Gasteiger partial charge in [-0.05, 0) is 49.7 Å². The van der Waals surface area contributed by atoms with Crippen LogP contribution < -0.4 is 15.4 Å². The van der Waals surface area contributed by atoms with E-state index in [-0.39, 0.29) is 11.8 Å². The molecule has 1 aromatic carbocycles. The van der Waals surface area contributed by atoms with E-state index in [1.54, 1.807) is 34.9 Å². The van der Waals surface area contributed by atoms with Gasteiger partial charge in [-0.2, -0.15) is 0 Å². The fourth-order valence-electron chi connectivity index (χ4n) is 2.88. The van der Waals surface area contributed by atoms with Crippen molar-refractivity contribution in [2.75, 3.05) is 17.2 Å². The quantitative estimate of drug-likeness (QED) is 0.699. The van der Waals surface area contributed by atoms with Gasteiger partial charge < -0.3 is 15.4 Å². The van der Waals surface area contributed by atoms with E-state index in [1.807, 2.05) is 26.0 Å². The molecule has 0 fully saturated rings. The summed E-state index contributed by atoms with van der Waals surface area (Å²) in [5.74, 6) is 0.254. The zero-order valence-electron chi connectivity index (χ0n) is 15.6. The molecule has 3 rings (SSSR count). The molecule has 0 spiro atoms. The van der Waals surface area contributed by atoms with Crippen molar-refractivity contribution >= 4 is 28.8 Å². The van der Waals surface area contributed by atoms with Gasteiger partial charge in [-0.25, -0.2) is 4.98 Å². The second kappa shape index (κ2) is 7.90. The predicted molar refractivity (Wildman–Crippen MR) is 104 cm³/mol. The number of hydrogen-bond donors (Lipinski definition) is 2. The van der Waals surface area contributed by atoms with Gasteiger partial charge in [0, 0.05) is 24.5 Å². The van der Waals surface area contributed by atoms with Gasteiger partial charge in [0.25, 0.3) is 5.91 Å². The number of aromatic nitrogens is 2. The molecular weight excluding hydrogens is 344 g/mol. The fourth-order valence-corrected chi connectivity index (χ4v) is 2.88. The number of nitrogens with one attached hydrogen (secondary N) is 2. The third-order valence-corrected chi connectivity index (χ3v) is 4.00. The van der Waals surface area contributed by atoms with Crippen LogP contribution in [0.25, 0.3) is 5.65 Å². The summed E-state index contributed by atoms with van der Waals surface area (Å²) in [4.78, 5) is 28.6. The SMILES string of the molecule is CCOc1cccn2c(C(=O)Nc3ccc(NC(C)=O)cc3)c(CC)nc12. The number of ether oxygens (including phenoxy) is 1. The maximum atomic E-state index is 12.9. The van der Waals surface area contributed by atoms with Gasteiger partial charge in [0.05, 0.1) is 12.3 Å². The summed E-state index contributed by atoms with van der Waals surface area (Å²) in [5, 5.41) is 5.58.